The second-order valence-corrected chi connectivity index (χ2v) is 9.75. The van der Waals surface area contributed by atoms with Crippen LogP contribution in [0.1, 0.15) is 63.0 Å². The summed E-state index contributed by atoms with van der Waals surface area (Å²) in [5, 5.41) is 3.38. The van der Waals surface area contributed by atoms with Gasteiger partial charge in [-0.2, -0.15) is 11.8 Å². The Labute approximate surface area is 173 Å². The fraction of sp³-hybridized carbons (Fsp3) is 0.727. The lowest BCUT2D eigenvalue weighted by molar-refractivity contribution is 0.0995. The zero-order chi connectivity index (χ0) is 19.2. The fourth-order valence-electron chi connectivity index (χ4n) is 5.30. The van der Waals surface area contributed by atoms with Gasteiger partial charge < -0.3 is 10.2 Å². The molecule has 1 N–H and O–H groups in total. The molecule has 3 heterocycles. The monoisotopic (exact) mass is 402 g/mol. The van der Waals surface area contributed by atoms with Gasteiger partial charge in [-0.25, -0.2) is 4.79 Å². The number of hydrogen-bond acceptors (Lipinski definition) is 4. The predicted octanol–water partition coefficient (Wildman–Crippen LogP) is 4.07. The van der Waals surface area contributed by atoms with E-state index in [4.69, 9.17) is 0 Å². The molecule has 2 aliphatic heterocycles. The first-order chi connectivity index (χ1) is 13.8. The third-order valence-electron chi connectivity index (χ3n) is 6.89. The molecule has 0 radical (unpaired) electrons. The van der Waals surface area contributed by atoms with Gasteiger partial charge in [0.15, 0.2) is 0 Å². The van der Waals surface area contributed by atoms with E-state index in [2.05, 4.69) is 44.0 Å². The molecule has 2 amide bonds. The van der Waals surface area contributed by atoms with E-state index in [-0.39, 0.29) is 17.6 Å². The molecule has 0 spiro atoms. The van der Waals surface area contributed by atoms with Gasteiger partial charge in [0.2, 0.25) is 0 Å². The first-order valence-electron chi connectivity index (χ1n) is 11.1. The topological polar surface area (TPSA) is 48.5 Å². The number of carbonyl (C=O) groups is 1. The Balaban J connectivity index is 1.44. The molecule has 1 aliphatic carbocycles. The van der Waals surface area contributed by atoms with Gasteiger partial charge >= 0.3 is 6.03 Å². The SMILES string of the molecule is O=C(NCC1(N2CCSCC2)CCCC1)N1CCCCCC1c1ccncc1. The molecule has 4 rings (SSSR count). The van der Waals surface area contributed by atoms with Crippen molar-refractivity contribution in [3.63, 3.8) is 0 Å². The van der Waals surface area contributed by atoms with Crippen molar-refractivity contribution in [2.45, 2.75) is 62.9 Å². The lowest BCUT2D eigenvalue weighted by Crippen LogP contribution is -2.57. The van der Waals surface area contributed by atoms with E-state index in [1.807, 2.05) is 12.4 Å². The quantitative estimate of drug-likeness (QED) is 0.825. The van der Waals surface area contributed by atoms with E-state index in [0.29, 0.717) is 0 Å². The molecule has 1 unspecified atom stereocenters. The molecule has 3 aliphatic rings. The summed E-state index contributed by atoms with van der Waals surface area (Å²) >= 11 is 2.06. The van der Waals surface area contributed by atoms with E-state index in [0.717, 1.165) is 25.9 Å². The van der Waals surface area contributed by atoms with Crippen molar-refractivity contribution >= 4 is 17.8 Å². The first-order valence-corrected chi connectivity index (χ1v) is 12.2. The molecular formula is C22H34N4OS. The van der Waals surface area contributed by atoms with E-state index in [1.165, 1.54) is 68.7 Å². The van der Waals surface area contributed by atoms with E-state index in [9.17, 15) is 4.79 Å². The number of hydrogen-bond donors (Lipinski definition) is 1. The minimum absolute atomic E-state index is 0.126. The van der Waals surface area contributed by atoms with Crippen LogP contribution in [0.5, 0.6) is 0 Å². The molecule has 2 saturated heterocycles. The fourth-order valence-corrected chi connectivity index (χ4v) is 6.20. The molecule has 1 aromatic heterocycles. The zero-order valence-corrected chi connectivity index (χ0v) is 17.8. The Morgan fingerprint density at radius 1 is 1.07 bits per heavy atom. The van der Waals surface area contributed by atoms with Crippen LogP contribution in [-0.2, 0) is 0 Å². The number of nitrogens with one attached hydrogen (secondary N) is 1. The van der Waals surface area contributed by atoms with Gasteiger partial charge in [0.05, 0.1) is 6.04 Å². The number of nitrogens with zero attached hydrogens (tertiary/aromatic N) is 3. The largest absolute Gasteiger partial charge is 0.336 e. The Kier molecular flexibility index (Phi) is 6.78. The summed E-state index contributed by atoms with van der Waals surface area (Å²) in [6.45, 7) is 4.00. The second kappa shape index (κ2) is 9.49. The predicted molar refractivity (Wildman–Crippen MR) is 116 cm³/mol. The molecule has 154 valence electrons. The van der Waals surface area contributed by atoms with Crippen molar-refractivity contribution in [3.8, 4) is 0 Å². The van der Waals surface area contributed by atoms with Crippen molar-refractivity contribution in [2.24, 2.45) is 0 Å². The van der Waals surface area contributed by atoms with E-state index < -0.39 is 0 Å². The van der Waals surface area contributed by atoms with E-state index >= 15 is 0 Å². The first kappa shape index (κ1) is 20.0. The maximum Gasteiger partial charge on any atom is 0.317 e. The van der Waals surface area contributed by atoms with E-state index in [1.54, 1.807) is 0 Å². The van der Waals surface area contributed by atoms with Gasteiger partial charge in [-0.15, -0.1) is 0 Å². The number of carbonyl (C=O) groups excluding carboxylic acids is 1. The van der Waals surface area contributed by atoms with Crippen LogP contribution in [0.4, 0.5) is 4.79 Å². The third-order valence-corrected chi connectivity index (χ3v) is 7.83. The summed E-state index contributed by atoms with van der Waals surface area (Å²) < 4.78 is 0. The zero-order valence-electron chi connectivity index (χ0n) is 16.9. The summed E-state index contributed by atoms with van der Waals surface area (Å²) in [5.74, 6) is 2.46. The Morgan fingerprint density at radius 3 is 2.57 bits per heavy atom. The standard InChI is InChI=1S/C22H34N4OS/c27-21(24-18-22(9-3-4-10-22)25-14-16-28-17-15-25)26-13-5-1-2-6-20(26)19-7-11-23-12-8-19/h7-8,11-12,20H,1-6,9-10,13-18H2,(H,24,27). The minimum atomic E-state index is 0.126. The number of likely N-dealkylation sites (tertiary alicyclic amines) is 1. The number of urea groups is 1. The van der Waals surface area contributed by atoms with Crippen molar-refractivity contribution in [1.29, 1.82) is 0 Å². The lowest BCUT2D eigenvalue weighted by atomic mass is 9.94. The van der Waals surface area contributed by atoms with Crippen molar-refractivity contribution in [1.82, 2.24) is 20.1 Å². The van der Waals surface area contributed by atoms with Gasteiger partial charge in [0.25, 0.3) is 0 Å². The molecule has 28 heavy (non-hydrogen) atoms. The highest BCUT2D eigenvalue weighted by atomic mass is 32.2. The van der Waals surface area contributed by atoms with Crippen LogP contribution >= 0.6 is 11.8 Å². The number of rotatable bonds is 4. The van der Waals surface area contributed by atoms with Gasteiger partial charge in [-0.05, 0) is 43.4 Å². The molecular weight excluding hydrogens is 368 g/mol. The number of aromatic nitrogens is 1. The van der Waals surface area contributed by atoms with Crippen LogP contribution in [0.3, 0.4) is 0 Å². The van der Waals surface area contributed by atoms with Crippen LogP contribution in [0.25, 0.3) is 0 Å². The molecule has 5 nitrogen and oxygen atoms in total. The third kappa shape index (κ3) is 4.48. The smallest absolute Gasteiger partial charge is 0.317 e. The van der Waals surface area contributed by atoms with Gasteiger partial charge in [-0.1, -0.05) is 25.7 Å². The average Bonchev–Trinajstić information content (AvgIpc) is 3.11. The highest BCUT2D eigenvalue weighted by Gasteiger charge is 2.40. The highest BCUT2D eigenvalue weighted by molar-refractivity contribution is 7.99. The van der Waals surface area contributed by atoms with Crippen molar-refractivity contribution in [2.75, 3.05) is 37.7 Å². The minimum Gasteiger partial charge on any atom is -0.336 e. The average molecular weight is 403 g/mol. The van der Waals surface area contributed by atoms with Crippen molar-refractivity contribution in [3.05, 3.63) is 30.1 Å². The van der Waals surface area contributed by atoms with Crippen LogP contribution in [0, 0.1) is 0 Å². The normalized spacial score (nSPS) is 26.0. The van der Waals surface area contributed by atoms with Crippen molar-refractivity contribution < 1.29 is 4.79 Å². The van der Waals surface area contributed by atoms with Gasteiger partial charge in [-0.3, -0.25) is 9.88 Å². The number of thioether (sulfide) groups is 1. The molecule has 3 fully saturated rings. The van der Waals surface area contributed by atoms with Crippen LogP contribution in [-0.4, -0.2) is 64.0 Å². The van der Waals surface area contributed by atoms with Crippen LogP contribution < -0.4 is 5.32 Å². The summed E-state index contributed by atoms with van der Waals surface area (Å²) in [6, 6.07) is 4.44. The molecule has 0 bridgehead atoms. The summed E-state index contributed by atoms with van der Waals surface area (Å²) in [5.41, 5.74) is 1.41. The second-order valence-electron chi connectivity index (χ2n) is 8.53. The Bertz CT molecular complexity index is 629. The maximum atomic E-state index is 13.3. The number of pyridine rings is 1. The highest BCUT2D eigenvalue weighted by Crippen LogP contribution is 2.36. The summed E-state index contributed by atoms with van der Waals surface area (Å²) in [7, 11) is 0. The van der Waals surface area contributed by atoms with Gasteiger partial charge in [0.1, 0.15) is 0 Å². The summed E-state index contributed by atoms with van der Waals surface area (Å²) in [6.07, 6.45) is 13.3. The molecule has 1 aromatic rings. The van der Waals surface area contributed by atoms with Crippen LogP contribution in [0.15, 0.2) is 24.5 Å². The summed E-state index contributed by atoms with van der Waals surface area (Å²) in [4.78, 5) is 22.2. The van der Waals surface area contributed by atoms with Gasteiger partial charge in [0, 0.05) is 55.6 Å². The number of amides is 2. The molecule has 1 atom stereocenters. The maximum absolute atomic E-state index is 13.3. The molecule has 0 aromatic carbocycles. The van der Waals surface area contributed by atoms with Crippen LogP contribution in [0.2, 0.25) is 0 Å². The molecule has 1 saturated carbocycles. The Hall–Kier alpha value is -1.27. The molecule has 6 heteroatoms. The lowest BCUT2D eigenvalue weighted by Gasteiger charge is -2.44. The Morgan fingerprint density at radius 2 is 1.82 bits per heavy atom.